The number of nitrogens with zero attached hydrogens (tertiary/aromatic N) is 1. The standard InChI is InChI=1S/C19H19NO3/c1-10(2)17(11-5-7-14(21)8-6-11)20-18(22)15-12-3-4-13(9-12)16(15)19(20)23/h3-8,12-13,15-17,21H,1,9H2,2H3. The molecule has 4 rings (SSSR count). The van der Waals surface area contributed by atoms with E-state index < -0.39 is 6.04 Å². The smallest absolute Gasteiger partial charge is 0.234 e. The normalized spacial score (nSPS) is 32.5. The van der Waals surface area contributed by atoms with Gasteiger partial charge in [0.05, 0.1) is 17.9 Å². The second kappa shape index (κ2) is 4.82. The number of imide groups is 1. The summed E-state index contributed by atoms with van der Waals surface area (Å²) in [6, 6.07) is 6.18. The van der Waals surface area contributed by atoms with Crippen molar-refractivity contribution in [2.75, 3.05) is 0 Å². The molecule has 1 saturated carbocycles. The Kier molecular flexibility index (Phi) is 2.98. The fraction of sp³-hybridized carbons (Fsp3) is 0.368. The average molecular weight is 309 g/mol. The van der Waals surface area contributed by atoms with E-state index in [4.69, 9.17) is 0 Å². The highest BCUT2D eigenvalue weighted by Crippen LogP contribution is 2.54. The van der Waals surface area contributed by atoms with Crippen LogP contribution in [0.4, 0.5) is 0 Å². The van der Waals surface area contributed by atoms with Crippen molar-refractivity contribution in [1.29, 1.82) is 0 Å². The molecule has 1 heterocycles. The highest BCUT2D eigenvalue weighted by Gasteiger charge is 2.60. The monoisotopic (exact) mass is 309 g/mol. The molecule has 2 aliphatic carbocycles. The first-order valence-corrected chi connectivity index (χ1v) is 7.98. The first kappa shape index (κ1) is 14.2. The Morgan fingerprint density at radius 2 is 1.65 bits per heavy atom. The van der Waals surface area contributed by atoms with Crippen LogP contribution >= 0.6 is 0 Å². The fourth-order valence-corrected chi connectivity index (χ4v) is 4.49. The molecule has 0 aromatic heterocycles. The van der Waals surface area contributed by atoms with Gasteiger partial charge in [-0.25, -0.2) is 0 Å². The summed E-state index contributed by atoms with van der Waals surface area (Å²) in [5, 5.41) is 9.48. The number of phenols is 1. The lowest BCUT2D eigenvalue weighted by atomic mass is 9.85. The molecule has 118 valence electrons. The lowest BCUT2D eigenvalue weighted by Crippen LogP contribution is -2.37. The summed E-state index contributed by atoms with van der Waals surface area (Å²) in [7, 11) is 0. The minimum absolute atomic E-state index is 0.0714. The topological polar surface area (TPSA) is 57.6 Å². The van der Waals surface area contributed by atoms with Gasteiger partial charge in [-0.3, -0.25) is 14.5 Å². The second-order valence-corrected chi connectivity index (χ2v) is 6.89. The molecule has 2 bridgehead atoms. The summed E-state index contributed by atoms with van der Waals surface area (Å²) >= 11 is 0. The lowest BCUT2D eigenvalue weighted by molar-refractivity contribution is -0.142. The van der Waals surface area contributed by atoms with E-state index in [-0.39, 0.29) is 41.2 Å². The number of allylic oxidation sites excluding steroid dienone is 2. The molecule has 5 atom stereocenters. The molecule has 1 aromatic rings. The molecule has 1 aromatic carbocycles. The van der Waals surface area contributed by atoms with E-state index in [9.17, 15) is 14.7 Å². The molecule has 0 spiro atoms. The summed E-state index contributed by atoms with van der Waals surface area (Å²) in [6.07, 6.45) is 5.12. The molecule has 0 radical (unpaired) electrons. The highest BCUT2D eigenvalue weighted by molar-refractivity contribution is 6.07. The maximum Gasteiger partial charge on any atom is 0.234 e. The van der Waals surface area contributed by atoms with Crippen LogP contribution in [0, 0.1) is 23.7 Å². The average Bonchev–Trinajstić information content (AvgIpc) is 3.18. The molecule has 1 aliphatic heterocycles. The number of likely N-dealkylation sites (tertiary alicyclic amines) is 1. The number of fused-ring (bicyclic) bond motifs is 5. The quantitative estimate of drug-likeness (QED) is 0.690. The van der Waals surface area contributed by atoms with Crippen molar-refractivity contribution in [3.8, 4) is 5.75 Å². The fourth-order valence-electron chi connectivity index (χ4n) is 4.49. The largest absolute Gasteiger partial charge is 0.508 e. The summed E-state index contributed by atoms with van der Waals surface area (Å²) in [4.78, 5) is 27.3. The van der Waals surface area contributed by atoms with Gasteiger partial charge >= 0.3 is 0 Å². The van der Waals surface area contributed by atoms with Crippen LogP contribution in [0.5, 0.6) is 5.75 Å². The molecule has 4 heteroatoms. The van der Waals surface area contributed by atoms with Crippen LogP contribution < -0.4 is 0 Å². The van der Waals surface area contributed by atoms with Gasteiger partial charge in [0.2, 0.25) is 11.8 Å². The Hall–Kier alpha value is -2.36. The van der Waals surface area contributed by atoms with Crippen LogP contribution in [0.2, 0.25) is 0 Å². The lowest BCUT2D eigenvalue weighted by Gasteiger charge is -2.28. The van der Waals surface area contributed by atoms with Gasteiger partial charge in [0.25, 0.3) is 0 Å². The molecule has 1 N–H and O–H groups in total. The molecule has 4 nitrogen and oxygen atoms in total. The Bertz CT molecular complexity index is 703. The predicted octanol–water partition coefficient (Wildman–Crippen LogP) is 2.82. The maximum absolute atomic E-state index is 13.0. The maximum atomic E-state index is 13.0. The molecule has 23 heavy (non-hydrogen) atoms. The van der Waals surface area contributed by atoms with Crippen molar-refractivity contribution >= 4 is 11.8 Å². The van der Waals surface area contributed by atoms with Crippen LogP contribution in [0.3, 0.4) is 0 Å². The van der Waals surface area contributed by atoms with Gasteiger partial charge in [-0.1, -0.05) is 36.4 Å². The van der Waals surface area contributed by atoms with Crippen molar-refractivity contribution in [2.45, 2.75) is 19.4 Å². The second-order valence-electron chi connectivity index (χ2n) is 6.89. The molecular formula is C19H19NO3. The number of rotatable bonds is 3. The minimum Gasteiger partial charge on any atom is -0.508 e. The molecule has 5 unspecified atom stereocenters. The van der Waals surface area contributed by atoms with Crippen molar-refractivity contribution < 1.29 is 14.7 Å². The zero-order chi connectivity index (χ0) is 16.3. The van der Waals surface area contributed by atoms with Crippen LogP contribution in [0.1, 0.15) is 24.9 Å². The zero-order valence-electron chi connectivity index (χ0n) is 13.0. The first-order valence-electron chi connectivity index (χ1n) is 7.98. The van der Waals surface area contributed by atoms with Crippen molar-refractivity contribution in [1.82, 2.24) is 4.90 Å². The summed E-state index contributed by atoms with van der Waals surface area (Å²) < 4.78 is 0. The third kappa shape index (κ3) is 1.90. The van der Waals surface area contributed by atoms with Gasteiger partial charge < -0.3 is 5.11 Å². The predicted molar refractivity (Wildman–Crippen MR) is 85.2 cm³/mol. The number of benzene rings is 1. The Balaban J connectivity index is 1.73. The highest BCUT2D eigenvalue weighted by atomic mass is 16.3. The third-order valence-electron chi connectivity index (χ3n) is 5.44. The van der Waals surface area contributed by atoms with Crippen LogP contribution in [-0.2, 0) is 9.59 Å². The van der Waals surface area contributed by atoms with Gasteiger partial charge in [0.15, 0.2) is 0 Å². The number of hydrogen-bond donors (Lipinski definition) is 1. The van der Waals surface area contributed by atoms with Crippen molar-refractivity contribution in [3.63, 3.8) is 0 Å². The molecule has 1 saturated heterocycles. The number of aromatic hydroxyl groups is 1. The van der Waals surface area contributed by atoms with Gasteiger partial charge in [-0.15, -0.1) is 0 Å². The van der Waals surface area contributed by atoms with Gasteiger partial charge in [0.1, 0.15) is 5.75 Å². The summed E-state index contributed by atoms with van der Waals surface area (Å²) in [5.74, 6) is 0.0327. The summed E-state index contributed by atoms with van der Waals surface area (Å²) in [6.45, 7) is 5.82. The van der Waals surface area contributed by atoms with Crippen molar-refractivity contribution in [3.05, 3.63) is 54.1 Å². The third-order valence-corrected chi connectivity index (χ3v) is 5.44. The van der Waals surface area contributed by atoms with Gasteiger partial charge in [-0.2, -0.15) is 0 Å². The van der Waals surface area contributed by atoms with E-state index in [2.05, 4.69) is 18.7 Å². The van der Waals surface area contributed by atoms with E-state index in [1.807, 2.05) is 6.92 Å². The first-order chi connectivity index (χ1) is 11.0. The number of carbonyl (C=O) groups is 2. The van der Waals surface area contributed by atoms with E-state index in [1.54, 1.807) is 24.3 Å². The number of phenolic OH excluding ortho intramolecular Hbond substituents is 1. The molecule has 2 fully saturated rings. The Labute approximate surface area is 135 Å². The van der Waals surface area contributed by atoms with E-state index >= 15 is 0 Å². The molecular weight excluding hydrogens is 290 g/mol. The van der Waals surface area contributed by atoms with E-state index in [0.717, 1.165) is 17.6 Å². The number of carbonyl (C=O) groups excluding carboxylic acids is 2. The Morgan fingerprint density at radius 1 is 1.13 bits per heavy atom. The van der Waals surface area contributed by atoms with E-state index in [0.29, 0.717) is 0 Å². The number of amides is 2. The summed E-state index contributed by atoms with van der Waals surface area (Å²) in [5.41, 5.74) is 1.55. The van der Waals surface area contributed by atoms with Crippen LogP contribution in [0.25, 0.3) is 0 Å². The van der Waals surface area contributed by atoms with Gasteiger partial charge in [-0.05, 0) is 42.9 Å². The minimum atomic E-state index is -0.458. The van der Waals surface area contributed by atoms with Crippen molar-refractivity contribution in [2.24, 2.45) is 23.7 Å². The molecule has 2 amide bonds. The molecule has 3 aliphatic rings. The SMILES string of the molecule is C=C(C)C(c1ccc(O)cc1)N1C(=O)C2C3C=CC(C3)C2C1=O. The van der Waals surface area contributed by atoms with Crippen LogP contribution in [-0.4, -0.2) is 21.8 Å². The van der Waals surface area contributed by atoms with E-state index in [1.165, 1.54) is 4.90 Å². The Morgan fingerprint density at radius 3 is 2.13 bits per heavy atom. The number of hydrogen-bond acceptors (Lipinski definition) is 3. The zero-order valence-corrected chi connectivity index (χ0v) is 13.0. The van der Waals surface area contributed by atoms with Gasteiger partial charge in [0, 0.05) is 0 Å². The van der Waals surface area contributed by atoms with Crippen LogP contribution in [0.15, 0.2) is 48.6 Å².